The van der Waals surface area contributed by atoms with Crippen LogP contribution in [0.25, 0.3) is 60.5 Å². The van der Waals surface area contributed by atoms with Crippen LogP contribution < -0.4 is 4.90 Å². The van der Waals surface area contributed by atoms with Gasteiger partial charge in [-0.05, 0) is 115 Å². The van der Waals surface area contributed by atoms with Gasteiger partial charge < -0.3 is 4.90 Å². The topological polar surface area (TPSA) is 3.24 Å². The Kier molecular flexibility index (Phi) is 5.46. The normalized spacial score (nSPS) is 17.2. The molecule has 1 heteroatoms. The number of nitrogens with zero attached hydrogens (tertiary/aromatic N) is 1. The summed E-state index contributed by atoms with van der Waals surface area (Å²) in [6, 6.07) is 53.9. The van der Waals surface area contributed by atoms with Gasteiger partial charge in [-0.25, -0.2) is 0 Å². The summed E-state index contributed by atoms with van der Waals surface area (Å²) in [5.74, 6) is 0. The molecule has 0 aromatic heterocycles. The molecular weight excluding hydrogens is 567 g/mol. The lowest BCUT2D eigenvalue weighted by Crippen LogP contribution is -2.28. The summed E-state index contributed by atoms with van der Waals surface area (Å²) in [7, 11) is 0. The molecule has 7 aromatic carbocycles. The lowest BCUT2D eigenvalue weighted by Gasteiger charge is -2.38. The lowest BCUT2D eigenvalue weighted by atomic mass is 9.71. The van der Waals surface area contributed by atoms with Gasteiger partial charge in [0, 0.05) is 22.5 Å². The number of benzene rings is 7. The quantitative estimate of drug-likeness (QED) is 0.194. The van der Waals surface area contributed by atoms with Gasteiger partial charge in [-0.15, -0.1) is 0 Å². The van der Waals surface area contributed by atoms with E-state index < -0.39 is 0 Å². The van der Waals surface area contributed by atoms with Gasteiger partial charge in [0.2, 0.25) is 0 Å². The first-order valence-electron chi connectivity index (χ1n) is 16.7. The first kappa shape index (κ1) is 26.5. The van der Waals surface area contributed by atoms with Crippen molar-refractivity contribution in [3.63, 3.8) is 0 Å². The van der Waals surface area contributed by atoms with Crippen LogP contribution in [0, 0.1) is 0 Å². The average molecular weight is 600 g/mol. The van der Waals surface area contributed by atoms with E-state index in [4.69, 9.17) is 0 Å². The third kappa shape index (κ3) is 3.60. The van der Waals surface area contributed by atoms with Crippen LogP contribution >= 0.6 is 0 Å². The van der Waals surface area contributed by atoms with Crippen LogP contribution in [0.1, 0.15) is 31.4 Å². The number of anilines is 2. The summed E-state index contributed by atoms with van der Waals surface area (Å²) in [6.45, 7) is 4.77. The molecule has 10 rings (SSSR count). The Balaban J connectivity index is 1.10. The second kappa shape index (κ2) is 9.67. The molecule has 1 unspecified atom stereocenters. The molecule has 0 saturated carbocycles. The number of para-hydroxylation sites is 1. The van der Waals surface area contributed by atoms with Crippen molar-refractivity contribution >= 4 is 38.5 Å². The van der Waals surface area contributed by atoms with Crippen LogP contribution in [-0.2, 0) is 5.41 Å². The fourth-order valence-corrected chi connectivity index (χ4v) is 8.96. The molecule has 1 atom stereocenters. The summed E-state index contributed by atoms with van der Waals surface area (Å²) in [6.07, 6.45) is 3.44. The van der Waals surface area contributed by atoms with Crippen molar-refractivity contribution in [2.45, 2.75) is 25.7 Å². The van der Waals surface area contributed by atoms with Crippen LogP contribution in [0.5, 0.6) is 0 Å². The predicted molar refractivity (Wildman–Crippen MR) is 199 cm³/mol. The Labute approximate surface area is 275 Å². The molecule has 0 N–H and O–H groups in total. The largest absolute Gasteiger partial charge is 0.311 e. The third-order valence-electron chi connectivity index (χ3n) is 11.0. The molecule has 3 aliphatic carbocycles. The van der Waals surface area contributed by atoms with Crippen molar-refractivity contribution in [2.75, 3.05) is 4.90 Å². The monoisotopic (exact) mass is 599 g/mol. The molecule has 3 aliphatic rings. The van der Waals surface area contributed by atoms with Gasteiger partial charge in [0.25, 0.3) is 0 Å². The van der Waals surface area contributed by atoms with Crippen LogP contribution in [0.2, 0.25) is 0 Å². The zero-order valence-electron chi connectivity index (χ0n) is 26.6. The average Bonchev–Trinajstić information content (AvgIpc) is 3.59. The molecule has 7 aromatic rings. The zero-order valence-corrected chi connectivity index (χ0v) is 26.6. The van der Waals surface area contributed by atoms with E-state index in [9.17, 15) is 0 Å². The highest BCUT2D eigenvalue weighted by Gasteiger charge is 2.43. The Morgan fingerprint density at radius 1 is 0.511 bits per heavy atom. The highest BCUT2D eigenvalue weighted by atomic mass is 15.2. The van der Waals surface area contributed by atoms with Crippen molar-refractivity contribution in [3.8, 4) is 33.4 Å². The molecule has 47 heavy (non-hydrogen) atoms. The number of hydrogen-bond acceptors (Lipinski definition) is 1. The molecule has 0 saturated heterocycles. The Morgan fingerprint density at radius 2 is 1.13 bits per heavy atom. The van der Waals surface area contributed by atoms with E-state index in [0.29, 0.717) is 0 Å². The summed E-state index contributed by atoms with van der Waals surface area (Å²) in [5, 5.41) is 5.44. The Morgan fingerprint density at radius 3 is 1.91 bits per heavy atom. The van der Waals surface area contributed by atoms with Gasteiger partial charge in [-0.3, -0.25) is 0 Å². The van der Waals surface area contributed by atoms with Gasteiger partial charge >= 0.3 is 0 Å². The number of fused-ring (bicyclic) bond motifs is 6. The van der Waals surface area contributed by atoms with Crippen molar-refractivity contribution < 1.29 is 0 Å². The molecule has 222 valence electrons. The molecule has 0 aliphatic heterocycles. The number of hydrogen-bond donors (Lipinski definition) is 0. The molecule has 1 nitrogen and oxygen atoms in total. The fourth-order valence-electron chi connectivity index (χ4n) is 8.96. The molecule has 0 bridgehead atoms. The second-order valence-electron chi connectivity index (χ2n) is 13.5. The van der Waals surface area contributed by atoms with Crippen LogP contribution in [-0.4, -0.2) is 0 Å². The Bertz CT molecular complexity index is 2460. The molecule has 0 fully saturated rings. The molecule has 0 radical (unpaired) electrons. The van der Waals surface area contributed by atoms with Crippen LogP contribution in [0.3, 0.4) is 0 Å². The molecule has 0 heterocycles. The van der Waals surface area contributed by atoms with Gasteiger partial charge in [0.05, 0.1) is 0 Å². The maximum atomic E-state index is 2.48. The third-order valence-corrected chi connectivity index (χ3v) is 11.0. The van der Waals surface area contributed by atoms with E-state index in [0.717, 1.165) is 6.42 Å². The minimum atomic E-state index is -0.0293. The zero-order chi connectivity index (χ0) is 31.3. The van der Waals surface area contributed by atoms with E-state index in [2.05, 4.69) is 170 Å². The highest BCUT2D eigenvalue weighted by molar-refractivity contribution is 6.18. The van der Waals surface area contributed by atoms with Crippen molar-refractivity contribution in [3.05, 3.63) is 174 Å². The maximum absolute atomic E-state index is 2.48. The first-order valence-corrected chi connectivity index (χ1v) is 16.7. The van der Waals surface area contributed by atoms with E-state index in [1.165, 1.54) is 94.3 Å². The summed E-state index contributed by atoms with van der Waals surface area (Å²) in [5.41, 5.74) is 17.1. The lowest BCUT2D eigenvalue weighted by molar-refractivity contribution is 0.627. The predicted octanol–water partition coefficient (Wildman–Crippen LogP) is 12.5. The highest BCUT2D eigenvalue weighted by Crippen LogP contribution is 2.57. The minimum Gasteiger partial charge on any atom is -0.311 e. The van der Waals surface area contributed by atoms with Gasteiger partial charge in [-0.2, -0.15) is 0 Å². The summed E-state index contributed by atoms with van der Waals surface area (Å²) in [4.78, 5) is 2.46. The smallest absolute Gasteiger partial charge is 0.0462 e. The Hall–Kier alpha value is -5.66. The molecule has 0 amide bonds. The fraction of sp³-hybridized carbons (Fsp3) is 0.0870. The molecule has 0 spiro atoms. The molecular formula is C46H33N. The first-order chi connectivity index (χ1) is 23.1. The SMILES string of the molecule is CC1=C2c3cccc4cccc(c34)C2(C)CC=C1N(c1ccccc1)c1ccc(-c2ccc3c4c(cccc24)-c2ccccc2-3)cc1. The van der Waals surface area contributed by atoms with E-state index in [-0.39, 0.29) is 5.41 Å². The standard InChI is InChI=1S/C46H33N/c1-29-42(27-28-46(2)41-20-9-12-31-11-8-19-40(43(31)41)45(29)46)47(32-13-4-3-5-14-32)33-23-21-30(22-24-33)34-25-26-39-36-16-7-6-15-35(36)38-18-10-17-37(34)44(38)39/h3-27H,28H2,1-2H3. The van der Waals surface area contributed by atoms with Crippen molar-refractivity contribution in [2.24, 2.45) is 0 Å². The van der Waals surface area contributed by atoms with Crippen LogP contribution in [0.15, 0.2) is 163 Å². The number of rotatable bonds is 4. The van der Waals surface area contributed by atoms with Gasteiger partial charge in [0.1, 0.15) is 0 Å². The van der Waals surface area contributed by atoms with Crippen molar-refractivity contribution in [1.29, 1.82) is 0 Å². The van der Waals surface area contributed by atoms with E-state index >= 15 is 0 Å². The van der Waals surface area contributed by atoms with E-state index in [1.54, 1.807) is 0 Å². The summed E-state index contributed by atoms with van der Waals surface area (Å²) < 4.78 is 0. The van der Waals surface area contributed by atoms with Gasteiger partial charge in [0.15, 0.2) is 0 Å². The van der Waals surface area contributed by atoms with Gasteiger partial charge in [-0.1, -0.05) is 134 Å². The maximum Gasteiger partial charge on any atom is 0.0462 e. The minimum absolute atomic E-state index is 0.0293. The van der Waals surface area contributed by atoms with E-state index in [1.807, 2.05) is 0 Å². The second-order valence-corrected chi connectivity index (χ2v) is 13.5. The summed E-state index contributed by atoms with van der Waals surface area (Å²) >= 11 is 0. The van der Waals surface area contributed by atoms with Crippen molar-refractivity contribution in [1.82, 2.24) is 0 Å². The number of allylic oxidation sites excluding steroid dienone is 3. The van der Waals surface area contributed by atoms with Crippen LogP contribution in [0.4, 0.5) is 11.4 Å².